The summed E-state index contributed by atoms with van der Waals surface area (Å²) < 4.78 is 2.97. The van der Waals surface area contributed by atoms with Gasteiger partial charge in [-0.05, 0) is 11.6 Å². The largest absolute Gasteiger partial charge is 0.386 e. The fourth-order valence-corrected chi connectivity index (χ4v) is 2.77. The topological polar surface area (TPSA) is 125 Å². The molecule has 0 spiro atoms. The van der Waals surface area contributed by atoms with Gasteiger partial charge in [0.05, 0.1) is 18.0 Å². The van der Waals surface area contributed by atoms with Gasteiger partial charge in [0.15, 0.2) is 0 Å². The third-order valence-electron chi connectivity index (χ3n) is 3.59. The predicted molar refractivity (Wildman–Crippen MR) is 86.8 cm³/mol. The lowest BCUT2D eigenvalue weighted by Gasteiger charge is -2.28. The van der Waals surface area contributed by atoms with E-state index in [4.69, 9.17) is 11.6 Å². The van der Waals surface area contributed by atoms with E-state index in [1.54, 1.807) is 6.07 Å². The van der Waals surface area contributed by atoms with Crippen LogP contribution in [0.4, 0.5) is 5.69 Å². The van der Waals surface area contributed by atoms with E-state index in [1.165, 1.54) is 46.8 Å². The molecule has 2 heterocycles. The van der Waals surface area contributed by atoms with Crippen molar-refractivity contribution in [3.63, 3.8) is 0 Å². The van der Waals surface area contributed by atoms with Gasteiger partial charge in [0, 0.05) is 12.5 Å². The van der Waals surface area contributed by atoms with Crippen LogP contribution in [0.2, 0.25) is 5.02 Å². The van der Waals surface area contributed by atoms with Gasteiger partial charge in [-0.3, -0.25) is 10.1 Å². The number of benzene rings is 1. The summed E-state index contributed by atoms with van der Waals surface area (Å²) in [5.74, 6) is 0. The molecule has 0 aliphatic heterocycles. The van der Waals surface area contributed by atoms with E-state index < -0.39 is 10.5 Å². The fourth-order valence-electron chi connectivity index (χ4n) is 2.58. The van der Waals surface area contributed by atoms with Crippen molar-refractivity contribution in [3.05, 3.63) is 64.2 Å². The summed E-state index contributed by atoms with van der Waals surface area (Å²) in [4.78, 5) is 18.2. The van der Waals surface area contributed by atoms with Crippen LogP contribution in [0.15, 0.2) is 43.5 Å². The Morgan fingerprint density at radius 2 is 1.76 bits per heavy atom. The van der Waals surface area contributed by atoms with Gasteiger partial charge in [-0.2, -0.15) is 10.2 Å². The summed E-state index contributed by atoms with van der Waals surface area (Å²) in [6.45, 7) is 0.257. The summed E-state index contributed by atoms with van der Waals surface area (Å²) in [6.07, 6.45) is 5.82. The molecule has 0 atom stereocenters. The third-order valence-corrected chi connectivity index (χ3v) is 3.91. The van der Waals surface area contributed by atoms with Crippen LogP contribution in [0, 0.1) is 10.1 Å². The number of hydrogen-bond acceptors (Lipinski definition) is 7. The van der Waals surface area contributed by atoms with Crippen LogP contribution >= 0.6 is 11.6 Å². The van der Waals surface area contributed by atoms with Crippen LogP contribution in [0.25, 0.3) is 0 Å². The Morgan fingerprint density at radius 1 is 1.16 bits per heavy atom. The molecule has 0 fully saturated rings. The normalized spacial score (nSPS) is 11.6. The third kappa shape index (κ3) is 4.17. The predicted octanol–water partition coefficient (Wildman–Crippen LogP) is 1.11. The first kappa shape index (κ1) is 17.0. The highest BCUT2D eigenvalue weighted by Gasteiger charge is 2.30. The molecule has 3 rings (SSSR count). The molecule has 0 aliphatic carbocycles. The molecule has 11 heteroatoms. The van der Waals surface area contributed by atoms with E-state index in [0.29, 0.717) is 5.56 Å². The Bertz CT molecular complexity index is 815. The van der Waals surface area contributed by atoms with E-state index in [9.17, 15) is 15.2 Å². The average molecular weight is 364 g/mol. The van der Waals surface area contributed by atoms with Crippen molar-refractivity contribution in [2.45, 2.75) is 25.1 Å². The van der Waals surface area contributed by atoms with Crippen LogP contribution in [-0.2, 0) is 19.5 Å². The summed E-state index contributed by atoms with van der Waals surface area (Å²) in [7, 11) is 0. The Kier molecular flexibility index (Phi) is 4.72. The maximum atomic E-state index is 11.1. The molecule has 3 aromatic rings. The van der Waals surface area contributed by atoms with E-state index in [-0.39, 0.29) is 30.2 Å². The molecule has 0 radical (unpaired) electrons. The Balaban J connectivity index is 1.89. The number of hydrogen-bond donors (Lipinski definition) is 1. The minimum atomic E-state index is -1.32. The summed E-state index contributed by atoms with van der Waals surface area (Å²) in [5, 5.41) is 30.2. The zero-order valence-corrected chi connectivity index (χ0v) is 13.7. The van der Waals surface area contributed by atoms with Gasteiger partial charge in [0.2, 0.25) is 0 Å². The maximum absolute atomic E-state index is 11.1. The SMILES string of the molecule is O=[N+]([O-])c1cc(CC(O)(Cn2cncn2)Cn2cncn2)ccc1Cl. The number of nitro groups is 1. The van der Waals surface area contributed by atoms with Crippen molar-refractivity contribution in [1.29, 1.82) is 0 Å². The number of aliphatic hydroxyl groups is 1. The second kappa shape index (κ2) is 6.95. The molecule has 130 valence electrons. The molecule has 1 N–H and O–H groups in total. The first-order valence-corrected chi connectivity index (χ1v) is 7.63. The van der Waals surface area contributed by atoms with Gasteiger partial charge in [0.1, 0.15) is 35.9 Å². The quantitative estimate of drug-likeness (QED) is 0.492. The van der Waals surface area contributed by atoms with Crippen LogP contribution < -0.4 is 0 Å². The highest BCUT2D eigenvalue weighted by Crippen LogP contribution is 2.27. The first-order valence-electron chi connectivity index (χ1n) is 7.25. The van der Waals surface area contributed by atoms with E-state index in [1.807, 2.05) is 0 Å². The van der Waals surface area contributed by atoms with Gasteiger partial charge in [0.25, 0.3) is 5.69 Å². The fraction of sp³-hybridized carbons (Fsp3) is 0.286. The molecule has 0 unspecified atom stereocenters. The van der Waals surface area contributed by atoms with Crippen LogP contribution in [0.1, 0.15) is 5.56 Å². The summed E-state index contributed by atoms with van der Waals surface area (Å²) in [6, 6.07) is 4.44. The minimum Gasteiger partial charge on any atom is -0.386 e. The average Bonchev–Trinajstić information content (AvgIpc) is 3.22. The number of nitro benzene ring substituents is 1. The molecule has 0 amide bonds. The van der Waals surface area contributed by atoms with E-state index in [0.717, 1.165) is 0 Å². The maximum Gasteiger partial charge on any atom is 0.288 e. The highest BCUT2D eigenvalue weighted by atomic mass is 35.5. The van der Waals surface area contributed by atoms with Crippen LogP contribution in [0.3, 0.4) is 0 Å². The van der Waals surface area contributed by atoms with Gasteiger partial charge < -0.3 is 5.11 Å². The minimum absolute atomic E-state index is 0.0462. The zero-order valence-electron chi connectivity index (χ0n) is 12.9. The van der Waals surface area contributed by atoms with Gasteiger partial charge in [-0.15, -0.1) is 0 Å². The van der Waals surface area contributed by atoms with Crippen molar-refractivity contribution < 1.29 is 10.0 Å². The highest BCUT2D eigenvalue weighted by molar-refractivity contribution is 6.32. The molecular weight excluding hydrogens is 350 g/mol. The molecule has 10 nitrogen and oxygen atoms in total. The Hall–Kier alpha value is -2.85. The molecule has 0 bridgehead atoms. The van der Waals surface area contributed by atoms with Crippen molar-refractivity contribution in [1.82, 2.24) is 29.5 Å². The number of aromatic nitrogens is 6. The lowest BCUT2D eigenvalue weighted by atomic mass is 9.94. The smallest absolute Gasteiger partial charge is 0.288 e. The van der Waals surface area contributed by atoms with Crippen LogP contribution in [-0.4, -0.2) is 45.2 Å². The number of rotatable bonds is 7. The van der Waals surface area contributed by atoms with Crippen LogP contribution in [0.5, 0.6) is 0 Å². The second-order valence-electron chi connectivity index (χ2n) is 5.63. The molecule has 0 aliphatic rings. The lowest BCUT2D eigenvalue weighted by molar-refractivity contribution is -0.384. The van der Waals surface area contributed by atoms with E-state index in [2.05, 4.69) is 20.2 Å². The summed E-state index contributed by atoms with van der Waals surface area (Å²) >= 11 is 5.84. The zero-order chi connectivity index (χ0) is 17.9. The molecule has 2 aromatic heterocycles. The number of halogens is 1. The lowest BCUT2D eigenvalue weighted by Crippen LogP contribution is -2.41. The van der Waals surface area contributed by atoms with Gasteiger partial charge >= 0.3 is 0 Å². The van der Waals surface area contributed by atoms with Crippen molar-refractivity contribution >= 4 is 17.3 Å². The molecular formula is C14H14ClN7O3. The molecule has 25 heavy (non-hydrogen) atoms. The van der Waals surface area contributed by atoms with Crippen molar-refractivity contribution in [2.24, 2.45) is 0 Å². The van der Waals surface area contributed by atoms with Gasteiger partial charge in [-0.25, -0.2) is 19.3 Å². The van der Waals surface area contributed by atoms with Gasteiger partial charge in [-0.1, -0.05) is 17.7 Å². The standard InChI is InChI=1S/C14H14ClN7O3/c15-12-2-1-11(3-13(12)22(24)25)4-14(23,5-20-9-16-7-18-20)6-21-10-17-8-19-21/h1-3,7-10,23H,4-6H2. The Labute approximate surface area is 146 Å². The van der Waals surface area contributed by atoms with Crippen molar-refractivity contribution in [3.8, 4) is 0 Å². The first-order chi connectivity index (χ1) is 12.0. The van der Waals surface area contributed by atoms with E-state index >= 15 is 0 Å². The Morgan fingerprint density at radius 3 is 2.24 bits per heavy atom. The molecule has 1 aromatic carbocycles. The molecule has 0 saturated heterocycles. The summed E-state index contributed by atoms with van der Waals surface area (Å²) in [5.41, 5.74) is -0.954. The number of nitrogens with zero attached hydrogens (tertiary/aromatic N) is 7. The van der Waals surface area contributed by atoms with Crippen molar-refractivity contribution in [2.75, 3.05) is 0 Å². The molecule has 0 saturated carbocycles. The monoisotopic (exact) mass is 363 g/mol. The second-order valence-corrected chi connectivity index (χ2v) is 6.04.